The van der Waals surface area contributed by atoms with Gasteiger partial charge in [0.25, 0.3) is 0 Å². The van der Waals surface area contributed by atoms with Crippen molar-refractivity contribution in [1.29, 1.82) is 0 Å². The van der Waals surface area contributed by atoms with Crippen molar-refractivity contribution in [3.8, 4) is 0 Å². The summed E-state index contributed by atoms with van der Waals surface area (Å²) in [7, 11) is 0. The summed E-state index contributed by atoms with van der Waals surface area (Å²) < 4.78 is 1.20. The summed E-state index contributed by atoms with van der Waals surface area (Å²) in [5, 5.41) is 0.658. The van der Waals surface area contributed by atoms with Gasteiger partial charge in [0.1, 0.15) is 0 Å². The van der Waals surface area contributed by atoms with Crippen molar-refractivity contribution in [1.82, 2.24) is 4.98 Å². The molecule has 0 saturated heterocycles. The molecule has 0 fully saturated rings. The zero-order valence-electron chi connectivity index (χ0n) is 5.13. The average Bonchev–Trinajstić information content (AvgIpc) is 2.17. The molecule has 2 N–H and O–H groups in total. The molecule has 0 atom stereocenters. The third kappa shape index (κ3) is 1.87. The normalized spacial score (nSPS) is 9.89. The highest BCUT2D eigenvalue weighted by molar-refractivity contribution is 8.01. The molecule has 0 bridgehead atoms. The molecule has 0 aromatic carbocycles. The molecule has 0 amide bonds. The van der Waals surface area contributed by atoms with Crippen molar-refractivity contribution in [2.45, 2.75) is 11.1 Å². The van der Waals surface area contributed by atoms with Gasteiger partial charge in [-0.2, -0.15) is 0 Å². The third-order valence-electron chi connectivity index (χ3n) is 0.789. The lowest BCUT2D eigenvalue weighted by atomic mass is 11.0. The topological polar surface area (TPSA) is 38.9 Å². The summed E-state index contributed by atoms with van der Waals surface area (Å²) in [6.45, 7) is 2.11. The number of nitrogens with two attached hydrogens (primary N) is 1. The Balaban J connectivity index is 2.61. The first kappa shape index (κ1) is 6.89. The Labute approximate surface area is 62.5 Å². The van der Waals surface area contributed by atoms with Crippen LogP contribution in [0.4, 0.5) is 5.13 Å². The van der Waals surface area contributed by atoms with E-state index in [9.17, 15) is 0 Å². The summed E-state index contributed by atoms with van der Waals surface area (Å²) in [5.74, 6) is 1.08. The van der Waals surface area contributed by atoms with Gasteiger partial charge < -0.3 is 5.73 Å². The fraction of sp³-hybridized carbons (Fsp3) is 0.400. The predicted molar refractivity (Wildman–Crippen MR) is 42.9 cm³/mol. The van der Waals surface area contributed by atoms with E-state index in [1.165, 1.54) is 4.21 Å². The number of nitrogen functional groups attached to an aromatic ring is 1. The van der Waals surface area contributed by atoms with Gasteiger partial charge in [-0.25, -0.2) is 4.98 Å². The van der Waals surface area contributed by atoms with Crippen LogP contribution in [0.15, 0.2) is 10.4 Å². The summed E-state index contributed by atoms with van der Waals surface area (Å²) in [5.41, 5.74) is 5.40. The summed E-state index contributed by atoms with van der Waals surface area (Å²) in [4.78, 5) is 3.91. The second-order valence-corrected chi connectivity index (χ2v) is 4.08. The van der Waals surface area contributed by atoms with E-state index in [1.807, 2.05) is 6.20 Å². The van der Waals surface area contributed by atoms with Crippen LogP contribution in [-0.2, 0) is 0 Å². The lowest BCUT2D eigenvalue weighted by Crippen LogP contribution is -1.77. The first-order valence-corrected chi connectivity index (χ1v) is 4.47. The number of hydrogen-bond acceptors (Lipinski definition) is 4. The number of thiazole rings is 1. The second-order valence-electron chi connectivity index (χ2n) is 1.45. The van der Waals surface area contributed by atoms with Gasteiger partial charge in [0.05, 0.1) is 10.4 Å². The van der Waals surface area contributed by atoms with Crippen molar-refractivity contribution in [3.05, 3.63) is 6.20 Å². The minimum atomic E-state index is 0.658. The second kappa shape index (κ2) is 3.08. The molecule has 2 nitrogen and oxygen atoms in total. The summed E-state index contributed by atoms with van der Waals surface area (Å²) >= 11 is 3.31. The van der Waals surface area contributed by atoms with Gasteiger partial charge in [0.2, 0.25) is 0 Å². The van der Waals surface area contributed by atoms with E-state index >= 15 is 0 Å². The van der Waals surface area contributed by atoms with Crippen LogP contribution >= 0.6 is 23.1 Å². The van der Waals surface area contributed by atoms with E-state index in [4.69, 9.17) is 5.73 Å². The molecule has 50 valence electrons. The SMILES string of the molecule is CCSc1cnc(N)s1. The van der Waals surface area contributed by atoms with Crippen LogP contribution in [0.5, 0.6) is 0 Å². The monoisotopic (exact) mass is 160 g/mol. The van der Waals surface area contributed by atoms with E-state index in [2.05, 4.69) is 11.9 Å². The van der Waals surface area contributed by atoms with Gasteiger partial charge in [-0.1, -0.05) is 18.3 Å². The van der Waals surface area contributed by atoms with Crippen LogP contribution in [0, 0.1) is 0 Å². The van der Waals surface area contributed by atoms with Crippen molar-refractivity contribution in [2.24, 2.45) is 0 Å². The van der Waals surface area contributed by atoms with E-state index in [1.54, 1.807) is 23.1 Å². The molecule has 1 aromatic rings. The van der Waals surface area contributed by atoms with Crippen LogP contribution in [0.3, 0.4) is 0 Å². The highest BCUT2D eigenvalue weighted by atomic mass is 32.2. The van der Waals surface area contributed by atoms with E-state index < -0.39 is 0 Å². The van der Waals surface area contributed by atoms with Crippen LogP contribution < -0.4 is 5.73 Å². The molecular formula is C5H8N2S2. The van der Waals surface area contributed by atoms with Gasteiger partial charge >= 0.3 is 0 Å². The van der Waals surface area contributed by atoms with Crippen LogP contribution in [0.25, 0.3) is 0 Å². The molecule has 0 aliphatic carbocycles. The number of aromatic nitrogens is 1. The first-order chi connectivity index (χ1) is 4.33. The van der Waals surface area contributed by atoms with E-state index in [0.717, 1.165) is 5.75 Å². The van der Waals surface area contributed by atoms with Gasteiger partial charge in [-0.05, 0) is 5.75 Å². The fourth-order valence-corrected chi connectivity index (χ4v) is 2.16. The maximum Gasteiger partial charge on any atom is 0.181 e. The van der Waals surface area contributed by atoms with E-state index in [-0.39, 0.29) is 0 Å². The van der Waals surface area contributed by atoms with Gasteiger partial charge in [0, 0.05) is 0 Å². The molecule has 0 radical (unpaired) electrons. The predicted octanol–water partition coefficient (Wildman–Crippen LogP) is 1.84. The average molecular weight is 160 g/mol. The molecular weight excluding hydrogens is 152 g/mol. The van der Waals surface area contributed by atoms with Gasteiger partial charge in [-0.15, -0.1) is 11.8 Å². The number of anilines is 1. The van der Waals surface area contributed by atoms with Crippen molar-refractivity contribution in [2.75, 3.05) is 11.5 Å². The molecule has 0 aliphatic heterocycles. The Bertz CT molecular complexity index is 185. The largest absolute Gasteiger partial charge is 0.375 e. The molecule has 0 aliphatic rings. The minimum Gasteiger partial charge on any atom is -0.375 e. The lowest BCUT2D eigenvalue weighted by Gasteiger charge is -1.85. The van der Waals surface area contributed by atoms with Crippen molar-refractivity contribution in [3.63, 3.8) is 0 Å². The van der Waals surface area contributed by atoms with Crippen LogP contribution in [-0.4, -0.2) is 10.7 Å². The number of nitrogens with zero attached hydrogens (tertiary/aromatic N) is 1. The number of hydrogen-bond donors (Lipinski definition) is 1. The Morgan fingerprint density at radius 3 is 3.11 bits per heavy atom. The van der Waals surface area contributed by atoms with Crippen LogP contribution in [0.1, 0.15) is 6.92 Å². The maximum atomic E-state index is 5.40. The standard InChI is InChI=1S/C5H8N2S2/c1-2-8-4-3-7-5(6)9-4/h3H,2H2,1H3,(H2,6,7). The number of rotatable bonds is 2. The summed E-state index contributed by atoms with van der Waals surface area (Å²) in [6.07, 6.45) is 1.81. The van der Waals surface area contributed by atoms with Gasteiger partial charge in [-0.3, -0.25) is 0 Å². The zero-order chi connectivity index (χ0) is 6.69. The Morgan fingerprint density at radius 1 is 1.89 bits per heavy atom. The molecule has 4 heteroatoms. The highest BCUT2D eigenvalue weighted by Crippen LogP contribution is 2.25. The Hall–Kier alpha value is -0.220. The Morgan fingerprint density at radius 2 is 2.67 bits per heavy atom. The maximum absolute atomic E-state index is 5.40. The molecule has 9 heavy (non-hydrogen) atoms. The lowest BCUT2D eigenvalue weighted by molar-refractivity contribution is 1.37. The molecule has 1 rings (SSSR count). The molecule has 0 saturated carbocycles. The smallest absolute Gasteiger partial charge is 0.181 e. The third-order valence-corrected chi connectivity index (χ3v) is 2.69. The van der Waals surface area contributed by atoms with Gasteiger partial charge in [0.15, 0.2) is 5.13 Å². The molecule has 0 unspecified atom stereocenters. The fourth-order valence-electron chi connectivity index (χ4n) is 0.481. The highest BCUT2D eigenvalue weighted by Gasteiger charge is 1.95. The van der Waals surface area contributed by atoms with Crippen LogP contribution in [0.2, 0.25) is 0 Å². The molecule has 0 spiro atoms. The van der Waals surface area contributed by atoms with Crippen molar-refractivity contribution >= 4 is 28.2 Å². The first-order valence-electron chi connectivity index (χ1n) is 2.67. The quantitative estimate of drug-likeness (QED) is 0.671. The Kier molecular flexibility index (Phi) is 2.36. The zero-order valence-corrected chi connectivity index (χ0v) is 6.76. The summed E-state index contributed by atoms with van der Waals surface area (Å²) in [6, 6.07) is 0. The van der Waals surface area contributed by atoms with Crippen molar-refractivity contribution < 1.29 is 0 Å². The minimum absolute atomic E-state index is 0.658. The molecule has 1 heterocycles. The van der Waals surface area contributed by atoms with E-state index in [0.29, 0.717) is 5.13 Å². The number of thioether (sulfide) groups is 1. The molecule has 1 aromatic heterocycles.